The number of nitrogens with one attached hydrogen (secondary N) is 1. The lowest BCUT2D eigenvalue weighted by Gasteiger charge is -2.10. The number of ether oxygens (including phenoxy) is 1. The first kappa shape index (κ1) is 16.8. The number of benzene rings is 2. The molecule has 1 N–H and O–H groups in total. The Morgan fingerprint density at radius 3 is 2.39 bits per heavy atom. The third kappa shape index (κ3) is 4.98. The van der Waals surface area contributed by atoms with E-state index in [9.17, 15) is 22.8 Å². The van der Waals surface area contributed by atoms with Crippen LogP contribution in [-0.4, -0.2) is 31.0 Å². The lowest BCUT2D eigenvalue weighted by atomic mass is 10.0. The smallest absolute Gasteiger partial charge is 0.405 e. The zero-order valence-corrected chi connectivity index (χ0v) is 12.2. The van der Waals surface area contributed by atoms with Crippen LogP contribution in [0.2, 0.25) is 0 Å². The zero-order chi connectivity index (χ0) is 17.0. The van der Waals surface area contributed by atoms with Crippen molar-refractivity contribution >= 4 is 22.5 Å². The van der Waals surface area contributed by atoms with E-state index in [0.29, 0.717) is 11.3 Å². The van der Waals surface area contributed by atoms with E-state index in [-0.39, 0.29) is 5.78 Å². The number of hydrogen-bond donors (Lipinski definition) is 1. The van der Waals surface area contributed by atoms with Gasteiger partial charge in [-0.05, 0) is 35.9 Å². The number of carbonyl (C=O) groups is 2. The van der Waals surface area contributed by atoms with Gasteiger partial charge in [-0.1, -0.05) is 18.2 Å². The Morgan fingerprint density at radius 2 is 1.74 bits per heavy atom. The molecule has 0 fully saturated rings. The van der Waals surface area contributed by atoms with Gasteiger partial charge in [0, 0.05) is 5.56 Å². The Morgan fingerprint density at radius 1 is 1.09 bits per heavy atom. The van der Waals surface area contributed by atoms with Crippen LogP contribution in [0.1, 0.15) is 17.3 Å². The number of rotatable bonds is 5. The van der Waals surface area contributed by atoms with Crippen LogP contribution in [0.5, 0.6) is 5.75 Å². The number of amides is 1. The van der Waals surface area contributed by atoms with Crippen LogP contribution in [-0.2, 0) is 4.79 Å². The molecule has 2 aromatic carbocycles. The molecule has 0 aliphatic heterocycles. The van der Waals surface area contributed by atoms with E-state index < -0.39 is 25.2 Å². The van der Waals surface area contributed by atoms with Gasteiger partial charge in [0.1, 0.15) is 12.3 Å². The molecular formula is C16H14F3NO3. The summed E-state index contributed by atoms with van der Waals surface area (Å²) in [7, 11) is 0. The molecule has 7 heteroatoms. The molecule has 0 aromatic heterocycles. The highest BCUT2D eigenvalue weighted by atomic mass is 19.4. The molecule has 0 bridgehead atoms. The van der Waals surface area contributed by atoms with Crippen molar-refractivity contribution < 1.29 is 27.5 Å². The second-order valence-corrected chi connectivity index (χ2v) is 4.96. The predicted molar refractivity (Wildman–Crippen MR) is 78.5 cm³/mol. The molecule has 23 heavy (non-hydrogen) atoms. The van der Waals surface area contributed by atoms with Crippen LogP contribution >= 0.6 is 0 Å². The summed E-state index contributed by atoms with van der Waals surface area (Å²) in [4.78, 5) is 22.6. The number of alkyl halides is 3. The molecule has 0 atom stereocenters. The molecule has 2 rings (SSSR count). The standard InChI is InChI=1S/C16H14F3NO3/c1-10(21)11-2-3-13-7-14(5-4-12(13)6-11)23-8-15(22)20-9-16(17,18)19/h2-7H,8-9H2,1H3,(H,20,22). The van der Waals surface area contributed by atoms with Gasteiger partial charge in [-0.25, -0.2) is 0 Å². The van der Waals surface area contributed by atoms with Gasteiger partial charge < -0.3 is 10.1 Å². The summed E-state index contributed by atoms with van der Waals surface area (Å²) < 4.78 is 41.1. The number of carbonyl (C=O) groups excluding carboxylic acids is 2. The SMILES string of the molecule is CC(=O)c1ccc2cc(OCC(=O)NCC(F)(F)F)ccc2c1. The number of Topliss-reactive ketones (excluding diaryl/α,β-unsaturated/α-hetero) is 1. The van der Waals surface area contributed by atoms with Gasteiger partial charge in [0.05, 0.1) is 0 Å². The maximum Gasteiger partial charge on any atom is 0.405 e. The molecule has 0 saturated carbocycles. The lowest BCUT2D eigenvalue weighted by Crippen LogP contribution is -2.36. The highest BCUT2D eigenvalue weighted by Gasteiger charge is 2.27. The van der Waals surface area contributed by atoms with Crippen molar-refractivity contribution in [2.24, 2.45) is 0 Å². The number of ketones is 1. The second kappa shape index (κ2) is 6.68. The minimum absolute atomic E-state index is 0.0476. The van der Waals surface area contributed by atoms with Gasteiger partial charge >= 0.3 is 6.18 Å². The van der Waals surface area contributed by atoms with Crippen molar-refractivity contribution in [3.8, 4) is 5.75 Å². The maximum absolute atomic E-state index is 12.0. The third-order valence-electron chi connectivity index (χ3n) is 3.07. The van der Waals surface area contributed by atoms with Crippen molar-refractivity contribution in [3.05, 3.63) is 42.0 Å². The molecule has 0 spiro atoms. The fourth-order valence-corrected chi connectivity index (χ4v) is 1.93. The molecule has 0 saturated heterocycles. The molecule has 122 valence electrons. The second-order valence-electron chi connectivity index (χ2n) is 4.96. The molecule has 0 unspecified atom stereocenters. The van der Waals surface area contributed by atoms with Crippen molar-refractivity contribution in [3.63, 3.8) is 0 Å². The van der Waals surface area contributed by atoms with Gasteiger partial charge in [0.2, 0.25) is 0 Å². The van der Waals surface area contributed by atoms with Crippen LogP contribution in [0.15, 0.2) is 36.4 Å². The summed E-state index contributed by atoms with van der Waals surface area (Å²) >= 11 is 0. The number of halogens is 3. The average molecular weight is 325 g/mol. The molecule has 0 aliphatic carbocycles. The average Bonchev–Trinajstić information content (AvgIpc) is 2.49. The Kier molecular flexibility index (Phi) is 4.88. The first-order valence-electron chi connectivity index (χ1n) is 6.75. The van der Waals surface area contributed by atoms with Gasteiger partial charge in [0.15, 0.2) is 12.4 Å². The molecule has 0 heterocycles. The monoisotopic (exact) mass is 325 g/mol. The number of hydrogen-bond acceptors (Lipinski definition) is 3. The van der Waals surface area contributed by atoms with E-state index in [1.807, 2.05) is 0 Å². The number of fused-ring (bicyclic) bond motifs is 1. The summed E-state index contributed by atoms with van der Waals surface area (Å²) in [6.45, 7) is -0.425. The first-order valence-corrected chi connectivity index (χ1v) is 6.75. The van der Waals surface area contributed by atoms with Crippen LogP contribution in [0.25, 0.3) is 10.8 Å². The van der Waals surface area contributed by atoms with E-state index in [2.05, 4.69) is 0 Å². The van der Waals surface area contributed by atoms with Crippen LogP contribution in [0.4, 0.5) is 13.2 Å². The Hall–Kier alpha value is -2.57. The largest absolute Gasteiger partial charge is 0.484 e. The molecule has 2 aromatic rings. The van der Waals surface area contributed by atoms with Gasteiger partial charge in [-0.3, -0.25) is 9.59 Å². The van der Waals surface area contributed by atoms with E-state index in [1.54, 1.807) is 41.7 Å². The first-order chi connectivity index (χ1) is 10.7. The highest BCUT2D eigenvalue weighted by Crippen LogP contribution is 2.22. The fraction of sp³-hybridized carbons (Fsp3) is 0.250. The molecule has 1 amide bonds. The maximum atomic E-state index is 12.0. The van der Waals surface area contributed by atoms with Gasteiger partial charge in [0.25, 0.3) is 5.91 Å². The molecule has 0 aliphatic rings. The summed E-state index contributed by atoms with van der Waals surface area (Å²) in [6, 6.07) is 10.1. The predicted octanol–water partition coefficient (Wildman–Crippen LogP) is 3.10. The normalized spacial score (nSPS) is 11.3. The Labute approximate surface area is 130 Å². The van der Waals surface area contributed by atoms with Crippen LogP contribution in [0, 0.1) is 0 Å². The molecular weight excluding hydrogens is 311 g/mol. The highest BCUT2D eigenvalue weighted by molar-refractivity contribution is 5.98. The van der Waals surface area contributed by atoms with Gasteiger partial charge in [-0.2, -0.15) is 13.2 Å². The zero-order valence-electron chi connectivity index (χ0n) is 12.2. The molecule has 4 nitrogen and oxygen atoms in total. The van der Waals surface area contributed by atoms with E-state index >= 15 is 0 Å². The summed E-state index contributed by atoms with van der Waals surface area (Å²) in [6.07, 6.45) is -4.45. The summed E-state index contributed by atoms with van der Waals surface area (Å²) in [5, 5.41) is 3.34. The summed E-state index contributed by atoms with van der Waals surface area (Å²) in [5.41, 5.74) is 0.581. The van der Waals surface area contributed by atoms with Crippen molar-refractivity contribution in [1.82, 2.24) is 5.32 Å². The Balaban J connectivity index is 2.00. The summed E-state index contributed by atoms with van der Waals surface area (Å²) in [5.74, 6) is -0.543. The van der Waals surface area contributed by atoms with Gasteiger partial charge in [-0.15, -0.1) is 0 Å². The Bertz CT molecular complexity index is 741. The van der Waals surface area contributed by atoms with Crippen LogP contribution in [0.3, 0.4) is 0 Å². The third-order valence-corrected chi connectivity index (χ3v) is 3.07. The van der Waals surface area contributed by atoms with E-state index in [1.165, 1.54) is 6.92 Å². The quantitative estimate of drug-likeness (QED) is 0.860. The van der Waals surface area contributed by atoms with Crippen molar-refractivity contribution in [2.45, 2.75) is 13.1 Å². The van der Waals surface area contributed by atoms with E-state index in [4.69, 9.17) is 4.74 Å². The minimum atomic E-state index is -4.45. The minimum Gasteiger partial charge on any atom is -0.484 e. The molecule has 0 radical (unpaired) electrons. The lowest BCUT2D eigenvalue weighted by molar-refractivity contribution is -0.139. The van der Waals surface area contributed by atoms with E-state index in [0.717, 1.165) is 10.8 Å². The fourth-order valence-electron chi connectivity index (χ4n) is 1.93. The van der Waals surface area contributed by atoms with Crippen molar-refractivity contribution in [1.29, 1.82) is 0 Å². The topological polar surface area (TPSA) is 55.4 Å². The van der Waals surface area contributed by atoms with Crippen molar-refractivity contribution in [2.75, 3.05) is 13.2 Å². The van der Waals surface area contributed by atoms with Crippen LogP contribution < -0.4 is 10.1 Å².